The first-order chi connectivity index (χ1) is 7.54. The Hall–Kier alpha value is -1.63. The molecule has 0 aliphatic rings. The first kappa shape index (κ1) is 10.9. The van der Waals surface area contributed by atoms with Crippen LogP contribution in [0.5, 0.6) is 0 Å². The number of hydrogen-bond acceptors (Lipinski definition) is 3. The number of fused-ring (bicyclic) bond motifs is 1. The van der Waals surface area contributed by atoms with Crippen molar-refractivity contribution in [2.24, 2.45) is 5.73 Å². The van der Waals surface area contributed by atoms with Crippen molar-refractivity contribution in [1.29, 1.82) is 0 Å². The molecule has 2 rings (SSSR count). The second-order valence-corrected chi connectivity index (χ2v) is 3.32. The van der Waals surface area contributed by atoms with Gasteiger partial charge in [0.25, 0.3) is 0 Å². The van der Waals surface area contributed by atoms with E-state index in [2.05, 4.69) is 9.97 Å². The third-order valence-corrected chi connectivity index (χ3v) is 2.33. The lowest BCUT2D eigenvalue weighted by atomic mass is 10.1. The molecule has 16 heavy (non-hydrogen) atoms. The van der Waals surface area contributed by atoms with Gasteiger partial charge in [0.1, 0.15) is 5.92 Å². The molecule has 0 fully saturated rings. The van der Waals surface area contributed by atoms with E-state index < -0.39 is 18.6 Å². The van der Waals surface area contributed by atoms with Gasteiger partial charge in [-0.15, -0.1) is 0 Å². The van der Waals surface area contributed by atoms with Crippen LogP contribution in [0, 0.1) is 0 Å². The number of halogens is 3. The van der Waals surface area contributed by atoms with Crippen molar-refractivity contribution in [3.05, 3.63) is 30.5 Å². The zero-order valence-corrected chi connectivity index (χ0v) is 8.15. The summed E-state index contributed by atoms with van der Waals surface area (Å²) in [7, 11) is 0. The first-order valence-electron chi connectivity index (χ1n) is 4.58. The molecule has 2 aromatic rings. The quantitative estimate of drug-likeness (QED) is 0.846. The van der Waals surface area contributed by atoms with Crippen LogP contribution in [-0.2, 0) is 0 Å². The van der Waals surface area contributed by atoms with E-state index in [1.165, 1.54) is 29.2 Å². The van der Waals surface area contributed by atoms with Crippen molar-refractivity contribution < 1.29 is 13.2 Å². The molecule has 0 amide bonds. The van der Waals surface area contributed by atoms with Gasteiger partial charge in [0.15, 0.2) is 5.65 Å². The summed E-state index contributed by atoms with van der Waals surface area (Å²) in [6.45, 7) is -0.500. The highest BCUT2D eigenvalue weighted by Gasteiger charge is 2.41. The fourth-order valence-corrected chi connectivity index (χ4v) is 1.54. The molecule has 2 aromatic heterocycles. The van der Waals surface area contributed by atoms with Crippen LogP contribution in [0.1, 0.15) is 11.6 Å². The summed E-state index contributed by atoms with van der Waals surface area (Å²) in [4.78, 5) is 7.62. The molecule has 0 spiro atoms. The largest absolute Gasteiger partial charge is 0.398 e. The molecule has 7 heteroatoms. The van der Waals surface area contributed by atoms with Gasteiger partial charge in [-0.3, -0.25) is 4.98 Å². The van der Waals surface area contributed by atoms with Gasteiger partial charge in [-0.1, -0.05) is 0 Å². The molecule has 2 heterocycles. The minimum Gasteiger partial charge on any atom is -0.329 e. The summed E-state index contributed by atoms with van der Waals surface area (Å²) in [5, 5.41) is 0. The summed E-state index contributed by atoms with van der Waals surface area (Å²) in [6.07, 6.45) is 1.05. The standard InChI is InChI=1S/C9H9F3N4/c10-9(11,12)6(3-13)7-4-15-8-5-14-1-2-16(7)8/h1-2,4-6H,3,13H2. The third kappa shape index (κ3) is 1.73. The van der Waals surface area contributed by atoms with E-state index in [0.717, 1.165) is 0 Å². The Bertz CT molecular complexity index is 491. The zero-order chi connectivity index (χ0) is 11.8. The SMILES string of the molecule is NCC(c1cnc2cnccn12)C(F)(F)F. The van der Waals surface area contributed by atoms with Gasteiger partial charge in [-0.25, -0.2) is 4.98 Å². The van der Waals surface area contributed by atoms with E-state index in [1.54, 1.807) is 0 Å². The van der Waals surface area contributed by atoms with E-state index in [-0.39, 0.29) is 5.69 Å². The van der Waals surface area contributed by atoms with Crippen molar-refractivity contribution >= 4 is 5.65 Å². The number of aromatic nitrogens is 3. The molecular weight excluding hydrogens is 221 g/mol. The molecule has 4 nitrogen and oxygen atoms in total. The van der Waals surface area contributed by atoms with Crippen molar-refractivity contribution in [2.75, 3.05) is 6.54 Å². The summed E-state index contributed by atoms with van der Waals surface area (Å²) in [5.41, 5.74) is 5.57. The van der Waals surface area contributed by atoms with Gasteiger partial charge in [0.05, 0.1) is 11.9 Å². The van der Waals surface area contributed by atoms with Crippen LogP contribution in [0.4, 0.5) is 13.2 Å². The van der Waals surface area contributed by atoms with Crippen LogP contribution in [0.15, 0.2) is 24.8 Å². The number of nitrogens with zero attached hydrogens (tertiary/aromatic N) is 3. The summed E-state index contributed by atoms with van der Waals surface area (Å²) in [6, 6.07) is 0. The minimum absolute atomic E-state index is 0.0346. The number of imidazole rings is 1. The molecule has 0 aromatic carbocycles. The maximum Gasteiger partial charge on any atom is 0.398 e. The Morgan fingerprint density at radius 1 is 1.38 bits per heavy atom. The van der Waals surface area contributed by atoms with Crippen LogP contribution >= 0.6 is 0 Å². The van der Waals surface area contributed by atoms with Crippen LogP contribution in [0.25, 0.3) is 5.65 Å². The van der Waals surface area contributed by atoms with Crippen molar-refractivity contribution in [2.45, 2.75) is 12.1 Å². The highest BCUT2D eigenvalue weighted by atomic mass is 19.4. The zero-order valence-electron chi connectivity index (χ0n) is 8.15. The molecule has 86 valence electrons. The van der Waals surface area contributed by atoms with Crippen LogP contribution < -0.4 is 5.73 Å². The van der Waals surface area contributed by atoms with E-state index in [4.69, 9.17) is 5.73 Å². The van der Waals surface area contributed by atoms with Gasteiger partial charge in [-0.2, -0.15) is 13.2 Å². The molecule has 1 unspecified atom stereocenters. The second-order valence-electron chi connectivity index (χ2n) is 3.32. The van der Waals surface area contributed by atoms with Gasteiger partial charge in [0, 0.05) is 25.1 Å². The summed E-state index contributed by atoms with van der Waals surface area (Å²) in [5.74, 6) is -1.70. The minimum atomic E-state index is -4.37. The first-order valence-corrected chi connectivity index (χ1v) is 4.58. The third-order valence-electron chi connectivity index (χ3n) is 2.33. The van der Waals surface area contributed by atoms with Crippen molar-refractivity contribution in [3.63, 3.8) is 0 Å². The van der Waals surface area contributed by atoms with Crippen molar-refractivity contribution in [1.82, 2.24) is 14.4 Å². The molecule has 0 saturated heterocycles. The molecule has 0 bridgehead atoms. The predicted molar refractivity (Wildman–Crippen MR) is 50.8 cm³/mol. The Kier molecular flexibility index (Phi) is 2.55. The lowest BCUT2D eigenvalue weighted by Crippen LogP contribution is -2.29. The lowest BCUT2D eigenvalue weighted by molar-refractivity contribution is -0.149. The van der Waals surface area contributed by atoms with E-state index in [9.17, 15) is 13.2 Å². The van der Waals surface area contributed by atoms with Crippen LogP contribution in [0.2, 0.25) is 0 Å². The molecule has 0 aliphatic carbocycles. The Morgan fingerprint density at radius 3 is 2.75 bits per heavy atom. The number of alkyl halides is 3. The van der Waals surface area contributed by atoms with Crippen LogP contribution in [0.3, 0.4) is 0 Å². The Morgan fingerprint density at radius 2 is 2.12 bits per heavy atom. The molecule has 1 atom stereocenters. The topological polar surface area (TPSA) is 56.2 Å². The maximum atomic E-state index is 12.7. The second kappa shape index (κ2) is 3.75. The van der Waals surface area contributed by atoms with Crippen molar-refractivity contribution in [3.8, 4) is 0 Å². The fourth-order valence-electron chi connectivity index (χ4n) is 1.54. The predicted octanol–water partition coefficient (Wildman–Crippen LogP) is 1.33. The van der Waals surface area contributed by atoms with Gasteiger partial charge in [0.2, 0.25) is 0 Å². The number of rotatable bonds is 2. The van der Waals surface area contributed by atoms with E-state index in [0.29, 0.717) is 5.65 Å². The van der Waals surface area contributed by atoms with E-state index in [1.807, 2.05) is 0 Å². The average Bonchev–Trinajstić information content (AvgIpc) is 2.61. The molecule has 2 N–H and O–H groups in total. The highest BCUT2D eigenvalue weighted by molar-refractivity contribution is 5.38. The molecule has 0 saturated carbocycles. The van der Waals surface area contributed by atoms with Gasteiger partial charge >= 0.3 is 6.18 Å². The highest BCUT2D eigenvalue weighted by Crippen LogP contribution is 2.33. The average molecular weight is 230 g/mol. The normalized spacial score (nSPS) is 14.2. The number of hydrogen-bond donors (Lipinski definition) is 1. The lowest BCUT2D eigenvalue weighted by Gasteiger charge is -2.17. The van der Waals surface area contributed by atoms with E-state index >= 15 is 0 Å². The van der Waals surface area contributed by atoms with Gasteiger partial charge in [-0.05, 0) is 0 Å². The monoisotopic (exact) mass is 230 g/mol. The Labute approximate surface area is 88.9 Å². The number of nitrogens with two attached hydrogens (primary N) is 1. The summed E-state index contributed by atoms with van der Waals surface area (Å²) < 4.78 is 39.4. The Balaban J connectivity index is 2.54. The fraction of sp³-hybridized carbons (Fsp3) is 0.333. The summed E-state index contributed by atoms with van der Waals surface area (Å²) >= 11 is 0. The maximum absolute atomic E-state index is 12.7. The molecular formula is C9H9F3N4. The molecule has 0 aliphatic heterocycles. The van der Waals surface area contributed by atoms with Gasteiger partial charge < -0.3 is 10.1 Å². The van der Waals surface area contributed by atoms with Crippen LogP contribution in [-0.4, -0.2) is 27.1 Å². The smallest absolute Gasteiger partial charge is 0.329 e. The molecule has 0 radical (unpaired) electrons.